The summed E-state index contributed by atoms with van der Waals surface area (Å²) in [5, 5.41) is 2.67. The van der Waals surface area contributed by atoms with Gasteiger partial charge in [0.2, 0.25) is 5.91 Å². The standard InChI is InChI=1S/C19H19NO4/c1-3-24-17(22)12-15-10-7-11-16(18(15)20-13(2)21)19(23)14-8-5-4-6-9-14/h4-11H,3,12H2,1-2H3,(H,20,21). The molecular formula is C19H19NO4. The van der Waals surface area contributed by atoms with Crippen molar-refractivity contribution in [1.82, 2.24) is 0 Å². The number of carbonyl (C=O) groups is 3. The second-order valence-corrected chi connectivity index (χ2v) is 5.20. The first kappa shape index (κ1) is 17.4. The molecule has 2 aromatic rings. The monoisotopic (exact) mass is 325 g/mol. The van der Waals surface area contributed by atoms with Crippen LogP contribution in [0.3, 0.4) is 0 Å². The normalized spacial score (nSPS) is 10.1. The number of ketones is 1. The van der Waals surface area contributed by atoms with E-state index >= 15 is 0 Å². The fraction of sp³-hybridized carbons (Fsp3) is 0.211. The quantitative estimate of drug-likeness (QED) is 0.654. The molecule has 5 heteroatoms. The van der Waals surface area contributed by atoms with Crippen LogP contribution in [-0.2, 0) is 20.7 Å². The number of anilines is 1. The second-order valence-electron chi connectivity index (χ2n) is 5.20. The summed E-state index contributed by atoms with van der Waals surface area (Å²) in [6.45, 7) is 3.36. The van der Waals surface area contributed by atoms with Crippen LogP contribution in [-0.4, -0.2) is 24.3 Å². The Balaban J connectivity index is 2.45. The molecule has 0 bridgehead atoms. The summed E-state index contributed by atoms with van der Waals surface area (Å²) in [7, 11) is 0. The molecular weight excluding hydrogens is 306 g/mol. The summed E-state index contributed by atoms with van der Waals surface area (Å²) >= 11 is 0. The van der Waals surface area contributed by atoms with E-state index in [1.54, 1.807) is 49.4 Å². The number of hydrogen-bond acceptors (Lipinski definition) is 4. The summed E-state index contributed by atoms with van der Waals surface area (Å²) < 4.78 is 4.95. The van der Waals surface area contributed by atoms with Gasteiger partial charge in [0, 0.05) is 18.1 Å². The minimum Gasteiger partial charge on any atom is -0.466 e. The van der Waals surface area contributed by atoms with Gasteiger partial charge in [-0.2, -0.15) is 0 Å². The van der Waals surface area contributed by atoms with Gasteiger partial charge in [0.1, 0.15) is 0 Å². The average molecular weight is 325 g/mol. The highest BCUT2D eigenvalue weighted by molar-refractivity contribution is 6.14. The third-order valence-corrected chi connectivity index (χ3v) is 3.37. The average Bonchev–Trinajstić information content (AvgIpc) is 2.56. The largest absolute Gasteiger partial charge is 0.466 e. The molecule has 0 fully saturated rings. The first-order chi connectivity index (χ1) is 11.5. The van der Waals surface area contributed by atoms with Gasteiger partial charge in [-0.3, -0.25) is 14.4 Å². The minimum atomic E-state index is -0.409. The molecule has 124 valence electrons. The zero-order valence-corrected chi connectivity index (χ0v) is 13.7. The zero-order chi connectivity index (χ0) is 17.5. The Morgan fingerprint density at radius 3 is 2.33 bits per heavy atom. The molecule has 0 unspecified atom stereocenters. The van der Waals surface area contributed by atoms with E-state index in [-0.39, 0.29) is 24.7 Å². The predicted molar refractivity (Wildman–Crippen MR) is 91.0 cm³/mol. The lowest BCUT2D eigenvalue weighted by atomic mass is 9.97. The van der Waals surface area contributed by atoms with Gasteiger partial charge in [-0.25, -0.2) is 0 Å². The molecule has 1 amide bonds. The smallest absolute Gasteiger partial charge is 0.310 e. The highest BCUT2D eigenvalue weighted by Gasteiger charge is 2.19. The molecule has 5 nitrogen and oxygen atoms in total. The van der Waals surface area contributed by atoms with Gasteiger partial charge in [-0.1, -0.05) is 42.5 Å². The van der Waals surface area contributed by atoms with Gasteiger partial charge < -0.3 is 10.1 Å². The maximum Gasteiger partial charge on any atom is 0.310 e. The molecule has 1 N–H and O–H groups in total. The third-order valence-electron chi connectivity index (χ3n) is 3.37. The Hall–Kier alpha value is -2.95. The second kappa shape index (κ2) is 8.06. The lowest BCUT2D eigenvalue weighted by molar-refractivity contribution is -0.142. The van der Waals surface area contributed by atoms with E-state index in [1.807, 2.05) is 6.07 Å². The van der Waals surface area contributed by atoms with E-state index < -0.39 is 5.97 Å². The van der Waals surface area contributed by atoms with Crippen LogP contribution < -0.4 is 5.32 Å². The van der Waals surface area contributed by atoms with Crippen molar-refractivity contribution in [2.45, 2.75) is 20.3 Å². The van der Waals surface area contributed by atoms with Crippen molar-refractivity contribution in [1.29, 1.82) is 0 Å². The molecule has 0 aliphatic rings. The Bertz CT molecular complexity index is 753. The summed E-state index contributed by atoms with van der Waals surface area (Å²) in [5.74, 6) is -0.938. The van der Waals surface area contributed by atoms with E-state index in [2.05, 4.69) is 5.32 Å². The lowest BCUT2D eigenvalue weighted by Gasteiger charge is -2.14. The molecule has 24 heavy (non-hydrogen) atoms. The van der Waals surface area contributed by atoms with Crippen molar-refractivity contribution >= 4 is 23.3 Å². The summed E-state index contributed by atoms with van der Waals surface area (Å²) in [4.78, 5) is 36.1. The molecule has 0 saturated heterocycles. The minimum absolute atomic E-state index is 0.0145. The highest BCUT2D eigenvalue weighted by atomic mass is 16.5. The third kappa shape index (κ3) is 4.29. The van der Waals surface area contributed by atoms with Crippen LogP contribution in [0.2, 0.25) is 0 Å². The number of nitrogens with one attached hydrogen (secondary N) is 1. The highest BCUT2D eigenvalue weighted by Crippen LogP contribution is 2.25. The molecule has 0 atom stereocenters. The first-order valence-electron chi connectivity index (χ1n) is 7.67. The first-order valence-corrected chi connectivity index (χ1v) is 7.67. The predicted octanol–water partition coefficient (Wildman–Crippen LogP) is 2.98. The summed E-state index contributed by atoms with van der Waals surface area (Å²) in [5.41, 5.74) is 1.76. The fourth-order valence-electron chi connectivity index (χ4n) is 2.37. The van der Waals surface area contributed by atoms with E-state index in [0.29, 0.717) is 22.4 Å². The van der Waals surface area contributed by atoms with Gasteiger partial charge in [0.05, 0.1) is 18.7 Å². The Kier molecular flexibility index (Phi) is 5.84. The Labute approximate surface area is 140 Å². The Morgan fingerprint density at radius 2 is 1.71 bits per heavy atom. The lowest BCUT2D eigenvalue weighted by Crippen LogP contribution is -2.16. The number of benzene rings is 2. The van der Waals surface area contributed by atoms with E-state index in [0.717, 1.165) is 0 Å². The van der Waals surface area contributed by atoms with Crippen LogP contribution in [0.15, 0.2) is 48.5 Å². The van der Waals surface area contributed by atoms with Gasteiger partial charge >= 0.3 is 5.97 Å². The van der Waals surface area contributed by atoms with Gasteiger partial charge in [-0.05, 0) is 18.6 Å². The SMILES string of the molecule is CCOC(=O)Cc1cccc(C(=O)c2ccccc2)c1NC(C)=O. The topological polar surface area (TPSA) is 72.5 Å². The number of para-hydroxylation sites is 1. The van der Waals surface area contributed by atoms with Crippen LogP contribution in [0.5, 0.6) is 0 Å². The van der Waals surface area contributed by atoms with Crippen LogP contribution in [0.4, 0.5) is 5.69 Å². The van der Waals surface area contributed by atoms with Gasteiger partial charge in [0.25, 0.3) is 0 Å². The van der Waals surface area contributed by atoms with Gasteiger partial charge in [-0.15, -0.1) is 0 Å². The Morgan fingerprint density at radius 1 is 1.00 bits per heavy atom. The van der Waals surface area contributed by atoms with Crippen molar-refractivity contribution < 1.29 is 19.1 Å². The van der Waals surface area contributed by atoms with Crippen molar-refractivity contribution in [2.24, 2.45) is 0 Å². The number of ether oxygens (including phenoxy) is 1. The molecule has 0 radical (unpaired) electrons. The fourth-order valence-corrected chi connectivity index (χ4v) is 2.37. The molecule has 2 rings (SSSR count). The van der Waals surface area contributed by atoms with E-state index in [1.165, 1.54) is 6.92 Å². The molecule has 0 aromatic heterocycles. The zero-order valence-electron chi connectivity index (χ0n) is 13.7. The van der Waals surface area contributed by atoms with E-state index in [9.17, 15) is 14.4 Å². The van der Waals surface area contributed by atoms with Crippen LogP contribution >= 0.6 is 0 Å². The maximum absolute atomic E-state index is 12.7. The number of carbonyl (C=O) groups excluding carboxylic acids is 3. The van der Waals surface area contributed by atoms with Crippen molar-refractivity contribution in [3.63, 3.8) is 0 Å². The van der Waals surface area contributed by atoms with Crippen LogP contribution in [0.1, 0.15) is 35.3 Å². The van der Waals surface area contributed by atoms with Crippen LogP contribution in [0.25, 0.3) is 0 Å². The van der Waals surface area contributed by atoms with Crippen molar-refractivity contribution in [3.8, 4) is 0 Å². The summed E-state index contributed by atoms with van der Waals surface area (Å²) in [6, 6.07) is 13.8. The van der Waals surface area contributed by atoms with Crippen molar-refractivity contribution in [2.75, 3.05) is 11.9 Å². The summed E-state index contributed by atoms with van der Waals surface area (Å²) in [6.07, 6.45) is -0.0145. The maximum atomic E-state index is 12.7. The molecule has 0 aliphatic carbocycles. The molecule has 0 heterocycles. The van der Waals surface area contributed by atoms with Crippen LogP contribution in [0, 0.1) is 0 Å². The molecule has 0 spiro atoms. The number of esters is 1. The van der Waals surface area contributed by atoms with E-state index in [4.69, 9.17) is 4.74 Å². The number of amides is 1. The number of hydrogen-bond donors (Lipinski definition) is 1. The molecule has 0 aliphatic heterocycles. The van der Waals surface area contributed by atoms with Gasteiger partial charge in [0.15, 0.2) is 5.78 Å². The molecule has 0 saturated carbocycles. The molecule has 2 aromatic carbocycles. The number of rotatable bonds is 6. The van der Waals surface area contributed by atoms with Crippen molar-refractivity contribution in [3.05, 3.63) is 65.2 Å².